The number of hydrogen-bond acceptors (Lipinski definition) is 5. The van der Waals surface area contributed by atoms with Gasteiger partial charge in [-0.1, -0.05) is 26.7 Å². The first-order valence-electron chi connectivity index (χ1n) is 10.5. The Labute approximate surface area is 166 Å². The lowest BCUT2D eigenvalue weighted by Crippen LogP contribution is -2.36. The Hall–Kier alpha value is -2.44. The van der Waals surface area contributed by atoms with Gasteiger partial charge in [0.05, 0.1) is 17.9 Å². The molecule has 150 valence electrons. The second kappa shape index (κ2) is 8.29. The second-order valence-electron chi connectivity index (χ2n) is 8.32. The SMILES string of the molecule is CC(C)c1ccc(N2CCC(n3nccc3NC(=O)C3CCCC3)CC2)nn1. The van der Waals surface area contributed by atoms with Gasteiger partial charge in [0.25, 0.3) is 0 Å². The number of rotatable bonds is 5. The minimum Gasteiger partial charge on any atom is -0.355 e. The van der Waals surface area contributed by atoms with Gasteiger partial charge in [-0.25, -0.2) is 4.68 Å². The minimum atomic E-state index is 0.150. The second-order valence-corrected chi connectivity index (χ2v) is 8.32. The van der Waals surface area contributed by atoms with Crippen molar-refractivity contribution >= 4 is 17.5 Å². The first-order chi connectivity index (χ1) is 13.6. The van der Waals surface area contributed by atoms with Crippen LogP contribution < -0.4 is 10.2 Å². The van der Waals surface area contributed by atoms with Crippen LogP contribution in [-0.4, -0.2) is 39.0 Å². The Morgan fingerprint density at radius 2 is 1.82 bits per heavy atom. The molecule has 2 aromatic heterocycles. The molecular formula is C21H30N6O. The lowest BCUT2D eigenvalue weighted by atomic mass is 10.0. The molecule has 7 heteroatoms. The summed E-state index contributed by atoms with van der Waals surface area (Å²) >= 11 is 0. The molecule has 7 nitrogen and oxygen atoms in total. The molecule has 0 radical (unpaired) electrons. The average Bonchev–Trinajstić information content (AvgIpc) is 3.40. The van der Waals surface area contributed by atoms with Crippen LogP contribution >= 0.6 is 0 Å². The summed E-state index contributed by atoms with van der Waals surface area (Å²) in [5, 5.41) is 16.4. The summed E-state index contributed by atoms with van der Waals surface area (Å²) in [4.78, 5) is 14.8. The van der Waals surface area contributed by atoms with Crippen LogP contribution in [-0.2, 0) is 4.79 Å². The van der Waals surface area contributed by atoms with Crippen molar-refractivity contribution in [2.75, 3.05) is 23.3 Å². The van der Waals surface area contributed by atoms with E-state index >= 15 is 0 Å². The summed E-state index contributed by atoms with van der Waals surface area (Å²) in [5.74, 6) is 2.48. The summed E-state index contributed by atoms with van der Waals surface area (Å²) in [6, 6.07) is 6.36. The van der Waals surface area contributed by atoms with Crippen LogP contribution in [0.5, 0.6) is 0 Å². The quantitative estimate of drug-likeness (QED) is 0.852. The van der Waals surface area contributed by atoms with E-state index in [1.807, 2.05) is 10.7 Å². The van der Waals surface area contributed by atoms with E-state index in [2.05, 4.69) is 51.5 Å². The summed E-state index contributed by atoms with van der Waals surface area (Å²) in [7, 11) is 0. The topological polar surface area (TPSA) is 75.9 Å². The fraction of sp³-hybridized carbons (Fsp3) is 0.619. The molecule has 2 aliphatic rings. The van der Waals surface area contributed by atoms with Gasteiger partial charge in [0.2, 0.25) is 5.91 Å². The number of piperidine rings is 1. The maximum atomic E-state index is 12.5. The van der Waals surface area contributed by atoms with Gasteiger partial charge in [-0.15, -0.1) is 5.10 Å². The van der Waals surface area contributed by atoms with Gasteiger partial charge in [0, 0.05) is 25.1 Å². The Morgan fingerprint density at radius 1 is 1.07 bits per heavy atom. The van der Waals surface area contributed by atoms with E-state index in [0.29, 0.717) is 12.0 Å². The highest BCUT2D eigenvalue weighted by Crippen LogP contribution is 2.29. The van der Waals surface area contributed by atoms with Gasteiger partial charge in [-0.05, 0) is 43.7 Å². The first kappa shape index (κ1) is 18.9. The maximum Gasteiger partial charge on any atom is 0.228 e. The van der Waals surface area contributed by atoms with Gasteiger partial charge < -0.3 is 10.2 Å². The van der Waals surface area contributed by atoms with Gasteiger partial charge >= 0.3 is 0 Å². The number of nitrogens with zero attached hydrogens (tertiary/aromatic N) is 5. The van der Waals surface area contributed by atoms with Crippen molar-refractivity contribution in [3.8, 4) is 0 Å². The zero-order chi connectivity index (χ0) is 19.5. The number of carbonyl (C=O) groups is 1. The zero-order valence-electron chi connectivity index (χ0n) is 16.8. The van der Waals surface area contributed by atoms with Crippen molar-refractivity contribution in [2.24, 2.45) is 5.92 Å². The average molecular weight is 383 g/mol. The van der Waals surface area contributed by atoms with E-state index < -0.39 is 0 Å². The molecule has 1 saturated heterocycles. The molecule has 1 aliphatic carbocycles. The monoisotopic (exact) mass is 382 g/mol. The molecule has 2 aromatic rings. The van der Waals surface area contributed by atoms with Crippen LogP contribution in [0.1, 0.15) is 70.0 Å². The summed E-state index contributed by atoms with van der Waals surface area (Å²) < 4.78 is 2.00. The molecule has 1 saturated carbocycles. The Kier molecular flexibility index (Phi) is 5.59. The maximum absolute atomic E-state index is 12.5. The van der Waals surface area contributed by atoms with Crippen LogP contribution in [0.15, 0.2) is 24.4 Å². The number of amides is 1. The van der Waals surface area contributed by atoms with Crippen molar-refractivity contribution in [3.05, 3.63) is 30.1 Å². The third-order valence-electron chi connectivity index (χ3n) is 6.04. The van der Waals surface area contributed by atoms with Crippen LogP contribution in [0, 0.1) is 5.92 Å². The number of aromatic nitrogens is 4. The highest BCUT2D eigenvalue weighted by molar-refractivity contribution is 5.91. The standard InChI is InChI=1S/C21H30N6O/c1-15(2)18-7-8-20(25-24-18)26-13-10-17(11-14-26)27-19(9-12-22-27)23-21(28)16-5-3-4-6-16/h7-9,12,15-17H,3-6,10-11,13-14H2,1-2H3,(H,23,28). The summed E-state index contributed by atoms with van der Waals surface area (Å²) in [6.07, 6.45) is 8.08. The van der Waals surface area contributed by atoms with Crippen LogP contribution in [0.25, 0.3) is 0 Å². The van der Waals surface area contributed by atoms with E-state index in [1.165, 1.54) is 0 Å². The van der Waals surface area contributed by atoms with E-state index in [-0.39, 0.29) is 11.8 Å². The first-order valence-corrected chi connectivity index (χ1v) is 10.5. The molecule has 0 spiro atoms. The molecule has 3 heterocycles. The van der Waals surface area contributed by atoms with E-state index in [9.17, 15) is 4.79 Å². The Balaban J connectivity index is 1.36. The smallest absolute Gasteiger partial charge is 0.228 e. The molecule has 0 aromatic carbocycles. The van der Waals surface area contributed by atoms with Crippen molar-refractivity contribution in [1.82, 2.24) is 20.0 Å². The van der Waals surface area contributed by atoms with E-state index in [0.717, 1.165) is 68.9 Å². The third-order valence-corrected chi connectivity index (χ3v) is 6.04. The molecule has 1 aliphatic heterocycles. The number of nitrogens with one attached hydrogen (secondary N) is 1. The fourth-order valence-electron chi connectivity index (χ4n) is 4.27. The predicted octanol–water partition coefficient (Wildman–Crippen LogP) is 3.77. The largest absolute Gasteiger partial charge is 0.355 e. The molecule has 1 N–H and O–H groups in total. The van der Waals surface area contributed by atoms with E-state index in [4.69, 9.17) is 0 Å². The lowest BCUT2D eigenvalue weighted by molar-refractivity contribution is -0.119. The number of hydrogen-bond donors (Lipinski definition) is 1. The number of carbonyl (C=O) groups excluding carboxylic acids is 1. The van der Waals surface area contributed by atoms with Crippen LogP contribution in [0.2, 0.25) is 0 Å². The fourth-order valence-corrected chi connectivity index (χ4v) is 4.27. The molecule has 2 fully saturated rings. The van der Waals surface area contributed by atoms with Gasteiger partial charge in [-0.3, -0.25) is 4.79 Å². The normalized spacial score (nSPS) is 18.8. The van der Waals surface area contributed by atoms with Crippen LogP contribution in [0.3, 0.4) is 0 Å². The van der Waals surface area contributed by atoms with Crippen molar-refractivity contribution in [1.29, 1.82) is 0 Å². The molecule has 28 heavy (non-hydrogen) atoms. The Bertz CT molecular complexity index is 785. The molecule has 0 atom stereocenters. The molecule has 0 unspecified atom stereocenters. The van der Waals surface area contributed by atoms with E-state index in [1.54, 1.807) is 6.20 Å². The Morgan fingerprint density at radius 3 is 2.46 bits per heavy atom. The third kappa shape index (κ3) is 4.03. The molecular weight excluding hydrogens is 352 g/mol. The zero-order valence-corrected chi connectivity index (χ0v) is 16.8. The van der Waals surface area contributed by atoms with Crippen LogP contribution in [0.4, 0.5) is 11.6 Å². The van der Waals surface area contributed by atoms with Gasteiger partial charge in [0.1, 0.15) is 5.82 Å². The number of anilines is 2. The minimum absolute atomic E-state index is 0.150. The van der Waals surface area contributed by atoms with Crippen molar-refractivity contribution < 1.29 is 4.79 Å². The molecule has 0 bridgehead atoms. The lowest BCUT2D eigenvalue weighted by Gasteiger charge is -2.33. The molecule has 4 rings (SSSR count). The van der Waals surface area contributed by atoms with Crippen molar-refractivity contribution in [2.45, 2.75) is 64.3 Å². The van der Waals surface area contributed by atoms with Crippen molar-refractivity contribution in [3.63, 3.8) is 0 Å². The summed E-state index contributed by atoms with van der Waals surface area (Å²) in [6.45, 7) is 6.08. The van der Waals surface area contributed by atoms with Gasteiger partial charge in [0.15, 0.2) is 5.82 Å². The summed E-state index contributed by atoms with van der Waals surface area (Å²) in [5.41, 5.74) is 1.03. The predicted molar refractivity (Wildman–Crippen MR) is 109 cm³/mol. The van der Waals surface area contributed by atoms with Gasteiger partial charge in [-0.2, -0.15) is 10.2 Å². The highest BCUT2D eigenvalue weighted by atomic mass is 16.2. The highest BCUT2D eigenvalue weighted by Gasteiger charge is 2.26. The molecule has 1 amide bonds.